The lowest BCUT2D eigenvalue weighted by molar-refractivity contribution is 0.0696. The van der Waals surface area contributed by atoms with Crippen LogP contribution in [0.5, 0.6) is 11.5 Å². The third kappa shape index (κ3) is 4.56. The number of nitrogens with one attached hydrogen (secondary N) is 1. The van der Waals surface area contributed by atoms with E-state index in [1.54, 1.807) is 12.1 Å². The molecule has 0 bridgehead atoms. The fourth-order valence-electron chi connectivity index (χ4n) is 4.80. The van der Waals surface area contributed by atoms with E-state index in [1.165, 1.54) is 5.56 Å². The number of carbonyl (C=O) groups is 1. The van der Waals surface area contributed by atoms with E-state index in [0.29, 0.717) is 17.1 Å². The van der Waals surface area contributed by atoms with Gasteiger partial charge in [-0.15, -0.1) is 0 Å². The van der Waals surface area contributed by atoms with Crippen LogP contribution in [0.1, 0.15) is 32.6 Å². The number of carboxylic acids is 1. The Hall–Kier alpha value is -5.09. The van der Waals surface area contributed by atoms with Gasteiger partial charge in [-0.3, -0.25) is 0 Å². The zero-order valence-corrected chi connectivity index (χ0v) is 20.8. The first-order chi connectivity index (χ1) is 18.5. The fourth-order valence-corrected chi connectivity index (χ4v) is 4.80. The van der Waals surface area contributed by atoms with Crippen molar-refractivity contribution < 1.29 is 14.6 Å². The number of benzene rings is 5. The summed E-state index contributed by atoms with van der Waals surface area (Å²) in [5.41, 5.74) is 6.76. The monoisotopic (exact) mass is 495 g/mol. The van der Waals surface area contributed by atoms with Gasteiger partial charge in [0.25, 0.3) is 0 Å². The second kappa shape index (κ2) is 9.75. The molecule has 0 unspecified atom stereocenters. The summed E-state index contributed by atoms with van der Waals surface area (Å²) < 4.78 is 6.48. The number of anilines is 2. The highest BCUT2D eigenvalue weighted by atomic mass is 16.5. The number of rotatable bonds is 5. The van der Waals surface area contributed by atoms with Crippen LogP contribution in [0.25, 0.3) is 11.6 Å². The molecule has 4 nitrogen and oxygen atoms in total. The molecule has 0 atom stereocenters. The summed E-state index contributed by atoms with van der Waals surface area (Å²) in [6.45, 7) is 2.07. The lowest BCUT2D eigenvalue weighted by atomic mass is 9.89. The third-order valence-corrected chi connectivity index (χ3v) is 6.65. The molecule has 1 aliphatic rings. The van der Waals surface area contributed by atoms with E-state index in [4.69, 9.17) is 4.74 Å². The molecule has 5 aromatic rings. The second-order valence-corrected chi connectivity index (χ2v) is 9.34. The standard InChI is InChI=1S/C34H25NO3/c1-22-11-13-23(14-12-22)19-24-15-17-29-31(20-24)38-32-21-26(35-25-7-3-2-4-8-25)16-18-30(32)33(29)27-9-5-6-10-28(27)34(36)37/h2-21,35H,1H3,(H,36,37)/b24-19+. The Morgan fingerprint density at radius 1 is 0.737 bits per heavy atom. The average Bonchev–Trinajstić information content (AvgIpc) is 2.93. The Balaban J connectivity index is 1.54. The van der Waals surface area contributed by atoms with Gasteiger partial charge in [-0.05, 0) is 71.8 Å². The number of para-hydroxylation sites is 1. The number of hydrogen-bond donors (Lipinski definition) is 2. The molecule has 0 fully saturated rings. The highest BCUT2D eigenvalue weighted by Crippen LogP contribution is 2.39. The van der Waals surface area contributed by atoms with Crippen molar-refractivity contribution in [3.63, 3.8) is 0 Å². The van der Waals surface area contributed by atoms with Gasteiger partial charge in [-0.25, -0.2) is 4.79 Å². The second-order valence-electron chi connectivity index (χ2n) is 9.34. The number of carboxylic acid groups (broad SMARTS) is 1. The molecule has 0 spiro atoms. The molecule has 4 heteroatoms. The van der Waals surface area contributed by atoms with Crippen molar-refractivity contribution in [2.24, 2.45) is 0 Å². The predicted octanol–water partition coefficient (Wildman–Crippen LogP) is 6.62. The van der Waals surface area contributed by atoms with Gasteiger partial charge in [-0.1, -0.05) is 72.3 Å². The molecule has 0 radical (unpaired) electrons. The summed E-state index contributed by atoms with van der Waals surface area (Å²) in [7, 11) is 0. The summed E-state index contributed by atoms with van der Waals surface area (Å²) in [6, 6.07) is 37.4. The summed E-state index contributed by atoms with van der Waals surface area (Å²) >= 11 is 0. The molecular weight excluding hydrogens is 470 g/mol. The molecule has 2 N–H and O–H groups in total. The minimum atomic E-state index is -0.964. The zero-order valence-electron chi connectivity index (χ0n) is 20.8. The maximum atomic E-state index is 12.2. The average molecular weight is 496 g/mol. The van der Waals surface area contributed by atoms with E-state index >= 15 is 0 Å². The Bertz CT molecular complexity index is 1790. The van der Waals surface area contributed by atoms with Gasteiger partial charge >= 0.3 is 5.97 Å². The maximum Gasteiger partial charge on any atom is 0.336 e. The summed E-state index contributed by atoms with van der Waals surface area (Å²) in [5, 5.41) is 15.2. The normalized spacial score (nSPS) is 12.3. The summed E-state index contributed by atoms with van der Waals surface area (Å²) in [5.74, 6) is 0.390. The van der Waals surface area contributed by atoms with Crippen LogP contribution in [0.4, 0.5) is 11.4 Å². The van der Waals surface area contributed by atoms with E-state index < -0.39 is 5.97 Å². The SMILES string of the molecule is Cc1ccc(/C=c2\ccc3c(c2)Oc2cc(Nc4ccccc4)ccc2C=3c2ccccc2C(=O)O)cc1. The highest BCUT2D eigenvalue weighted by molar-refractivity contribution is 5.98. The van der Waals surface area contributed by atoms with Crippen molar-refractivity contribution >= 4 is 29.0 Å². The molecule has 6 rings (SSSR count). The number of aromatic carboxylic acids is 1. The quantitative estimate of drug-likeness (QED) is 0.282. The first kappa shape index (κ1) is 23.3. The lowest BCUT2D eigenvalue weighted by Gasteiger charge is -2.23. The first-order valence-corrected chi connectivity index (χ1v) is 12.4. The number of fused-ring (bicyclic) bond motifs is 2. The van der Waals surface area contributed by atoms with E-state index in [1.807, 2.05) is 78.9 Å². The molecule has 184 valence electrons. The van der Waals surface area contributed by atoms with Crippen molar-refractivity contribution in [1.29, 1.82) is 0 Å². The van der Waals surface area contributed by atoms with Crippen LogP contribution in [0, 0.1) is 6.92 Å². The highest BCUT2D eigenvalue weighted by Gasteiger charge is 2.23. The van der Waals surface area contributed by atoms with Crippen molar-refractivity contribution in [3.05, 3.63) is 154 Å². The summed E-state index contributed by atoms with van der Waals surface area (Å²) in [6.07, 6.45) is 2.11. The van der Waals surface area contributed by atoms with Gasteiger partial charge in [0, 0.05) is 33.8 Å². The van der Waals surface area contributed by atoms with E-state index in [9.17, 15) is 9.90 Å². The fraction of sp³-hybridized carbons (Fsp3) is 0.0294. The molecule has 1 heterocycles. The topological polar surface area (TPSA) is 58.6 Å². The molecule has 0 aromatic heterocycles. The van der Waals surface area contributed by atoms with Gasteiger partial charge in [0.15, 0.2) is 0 Å². The van der Waals surface area contributed by atoms with Crippen LogP contribution < -0.4 is 20.5 Å². The lowest BCUT2D eigenvalue weighted by Crippen LogP contribution is -2.21. The number of aryl methyl sites for hydroxylation is 1. The van der Waals surface area contributed by atoms with Gasteiger partial charge in [0.05, 0.1) is 5.56 Å². The molecule has 1 aliphatic heterocycles. The number of hydrogen-bond acceptors (Lipinski definition) is 3. The Morgan fingerprint density at radius 2 is 1.50 bits per heavy atom. The van der Waals surface area contributed by atoms with Crippen LogP contribution >= 0.6 is 0 Å². The Morgan fingerprint density at radius 3 is 2.29 bits per heavy atom. The zero-order chi connectivity index (χ0) is 26.1. The summed E-state index contributed by atoms with van der Waals surface area (Å²) in [4.78, 5) is 12.2. The Labute approximate surface area is 220 Å². The van der Waals surface area contributed by atoms with Gasteiger partial charge in [-0.2, -0.15) is 0 Å². The van der Waals surface area contributed by atoms with Crippen LogP contribution in [0.2, 0.25) is 0 Å². The van der Waals surface area contributed by atoms with Crippen LogP contribution in [0.3, 0.4) is 0 Å². The molecular formula is C34H25NO3. The van der Waals surface area contributed by atoms with Crippen molar-refractivity contribution in [1.82, 2.24) is 0 Å². The molecule has 0 aliphatic carbocycles. The maximum absolute atomic E-state index is 12.2. The van der Waals surface area contributed by atoms with Crippen molar-refractivity contribution in [3.8, 4) is 11.5 Å². The van der Waals surface area contributed by atoms with Gasteiger partial charge in [0.2, 0.25) is 0 Å². The van der Waals surface area contributed by atoms with Crippen LogP contribution in [0.15, 0.2) is 115 Å². The van der Waals surface area contributed by atoms with Crippen molar-refractivity contribution in [2.45, 2.75) is 6.92 Å². The molecule has 0 saturated heterocycles. The van der Waals surface area contributed by atoms with Crippen LogP contribution in [-0.2, 0) is 0 Å². The molecule has 38 heavy (non-hydrogen) atoms. The minimum Gasteiger partial charge on any atom is -0.478 e. The molecule has 0 amide bonds. The van der Waals surface area contributed by atoms with Crippen molar-refractivity contribution in [2.75, 3.05) is 5.32 Å². The largest absolute Gasteiger partial charge is 0.478 e. The molecule has 5 aromatic carbocycles. The van der Waals surface area contributed by atoms with E-state index in [-0.39, 0.29) is 5.56 Å². The smallest absolute Gasteiger partial charge is 0.336 e. The first-order valence-electron chi connectivity index (χ1n) is 12.4. The van der Waals surface area contributed by atoms with Crippen LogP contribution in [-0.4, -0.2) is 11.1 Å². The predicted molar refractivity (Wildman–Crippen MR) is 152 cm³/mol. The van der Waals surface area contributed by atoms with E-state index in [2.05, 4.69) is 42.6 Å². The third-order valence-electron chi connectivity index (χ3n) is 6.65. The minimum absolute atomic E-state index is 0.253. The van der Waals surface area contributed by atoms with Gasteiger partial charge < -0.3 is 15.2 Å². The Kier molecular flexibility index (Phi) is 5.98. The molecule has 0 saturated carbocycles. The van der Waals surface area contributed by atoms with Gasteiger partial charge in [0.1, 0.15) is 11.5 Å². The number of ether oxygens (including phenoxy) is 1. The van der Waals surface area contributed by atoms with E-state index in [0.717, 1.165) is 38.5 Å².